The second-order valence-electron chi connectivity index (χ2n) is 4.55. The number of nitrogens with one attached hydrogen (secondary N) is 1. The summed E-state index contributed by atoms with van der Waals surface area (Å²) in [6.07, 6.45) is 1.00. The van der Waals surface area contributed by atoms with E-state index in [-0.39, 0.29) is 27.7 Å². The number of aromatic nitrogens is 1. The molecule has 0 amide bonds. The molecule has 1 unspecified atom stereocenters. The summed E-state index contributed by atoms with van der Waals surface area (Å²) in [5, 5.41) is 0.172. The highest BCUT2D eigenvalue weighted by atomic mass is 35.5. The average Bonchev–Trinajstić information content (AvgIpc) is 2.40. The zero-order valence-electron chi connectivity index (χ0n) is 10.8. The van der Waals surface area contributed by atoms with Crippen molar-refractivity contribution in [1.29, 1.82) is 0 Å². The highest BCUT2D eigenvalue weighted by Crippen LogP contribution is 2.22. The van der Waals surface area contributed by atoms with Crippen molar-refractivity contribution in [2.45, 2.75) is 11.0 Å². The second-order valence-corrected chi connectivity index (χ2v) is 7.08. The molecule has 1 saturated heterocycles. The molecular formula is C11H15Cl2N3O3S. The summed E-state index contributed by atoms with van der Waals surface area (Å²) in [4.78, 5) is 5.80. The minimum absolute atomic E-state index is 0.0175. The van der Waals surface area contributed by atoms with Gasteiger partial charge in [0.2, 0.25) is 10.0 Å². The van der Waals surface area contributed by atoms with Gasteiger partial charge in [-0.15, -0.1) is 0 Å². The summed E-state index contributed by atoms with van der Waals surface area (Å²) in [5.74, 6) is 0. The Morgan fingerprint density at radius 1 is 1.55 bits per heavy atom. The number of sulfonamides is 1. The molecule has 1 fully saturated rings. The minimum Gasteiger partial charge on any atom is -0.374 e. The Morgan fingerprint density at radius 2 is 2.30 bits per heavy atom. The van der Waals surface area contributed by atoms with Gasteiger partial charge in [-0.2, -0.15) is 0 Å². The van der Waals surface area contributed by atoms with E-state index in [0.29, 0.717) is 13.2 Å². The lowest BCUT2D eigenvalue weighted by atomic mass is 10.3. The van der Waals surface area contributed by atoms with Gasteiger partial charge in [0, 0.05) is 25.8 Å². The van der Waals surface area contributed by atoms with Gasteiger partial charge in [0.1, 0.15) is 10.0 Å². The van der Waals surface area contributed by atoms with Gasteiger partial charge in [-0.25, -0.2) is 18.1 Å². The summed E-state index contributed by atoms with van der Waals surface area (Å²) in [5.41, 5.74) is 0. The lowest BCUT2D eigenvalue weighted by molar-refractivity contribution is -0.0156. The summed E-state index contributed by atoms with van der Waals surface area (Å²) >= 11 is 11.4. The molecule has 1 atom stereocenters. The predicted molar refractivity (Wildman–Crippen MR) is 76.7 cm³/mol. The second kappa shape index (κ2) is 6.55. The fourth-order valence-electron chi connectivity index (χ4n) is 1.83. The van der Waals surface area contributed by atoms with Gasteiger partial charge in [0.05, 0.1) is 17.7 Å². The van der Waals surface area contributed by atoms with Crippen molar-refractivity contribution in [2.24, 2.45) is 0 Å². The van der Waals surface area contributed by atoms with Crippen molar-refractivity contribution in [2.75, 3.05) is 33.3 Å². The van der Waals surface area contributed by atoms with Crippen LogP contribution >= 0.6 is 23.2 Å². The van der Waals surface area contributed by atoms with Crippen LogP contribution in [0.5, 0.6) is 0 Å². The molecule has 0 aliphatic carbocycles. The van der Waals surface area contributed by atoms with E-state index in [9.17, 15) is 8.42 Å². The maximum absolute atomic E-state index is 12.1. The first-order valence-electron chi connectivity index (χ1n) is 5.99. The van der Waals surface area contributed by atoms with Crippen LogP contribution in [0, 0.1) is 0 Å². The maximum Gasteiger partial charge on any atom is 0.242 e. The SMILES string of the molecule is CN1CCOC(CNS(=O)(=O)c2cnc(Cl)c(Cl)c2)C1. The van der Waals surface area contributed by atoms with E-state index in [1.165, 1.54) is 12.3 Å². The van der Waals surface area contributed by atoms with E-state index in [1.54, 1.807) is 0 Å². The van der Waals surface area contributed by atoms with E-state index in [1.807, 2.05) is 7.05 Å². The quantitative estimate of drug-likeness (QED) is 0.828. The number of nitrogens with zero attached hydrogens (tertiary/aromatic N) is 2. The summed E-state index contributed by atoms with van der Waals surface area (Å²) in [7, 11) is -1.71. The molecule has 0 bridgehead atoms. The Bertz CT molecular complexity index is 582. The monoisotopic (exact) mass is 339 g/mol. The Balaban J connectivity index is 2.01. The first-order chi connectivity index (χ1) is 9.38. The fraction of sp³-hybridized carbons (Fsp3) is 0.545. The maximum atomic E-state index is 12.1. The van der Waals surface area contributed by atoms with E-state index in [2.05, 4.69) is 14.6 Å². The van der Waals surface area contributed by atoms with Gasteiger partial charge in [0.15, 0.2) is 0 Å². The summed E-state index contributed by atoms with van der Waals surface area (Å²) in [6, 6.07) is 1.27. The first-order valence-corrected chi connectivity index (χ1v) is 8.23. The molecular weight excluding hydrogens is 325 g/mol. The van der Waals surface area contributed by atoms with Crippen molar-refractivity contribution in [3.05, 3.63) is 22.4 Å². The molecule has 1 N–H and O–H groups in total. The van der Waals surface area contributed by atoms with E-state index < -0.39 is 10.0 Å². The van der Waals surface area contributed by atoms with Gasteiger partial charge in [-0.3, -0.25) is 0 Å². The van der Waals surface area contributed by atoms with E-state index >= 15 is 0 Å². The lowest BCUT2D eigenvalue weighted by Gasteiger charge is -2.30. The van der Waals surface area contributed by atoms with Crippen molar-refractivity contribution in [1.82, 2.24) is 14.6 Å². The van der Waals surface area contributed by atoms with Crippen LogP contribution in [0.2, 0.25) is 10.2 Å². The third-order valence-electron chi connectivity index (χ3n) is 2.92. The zero-order chi connectivity index (χ0) is 14.8. The van der Waals surface area contributed by atoms with Crippen molar-refractivity contribution in [3.8, 4) is 0 Å². The molecule has 112 valence electrons. The molecule has 1 aliphatic rings. The van der Waals surface area contributed by atoms with Crippen LogP contribution in [-0.2, 0) is 14.8 Å². The van der Waals surface area contributed by atoms with Crippen molar-refractivity contribution in [3.63, 3.8) is 0 Å². The number of ether oxygens (including phenoxy) is 1. The zero-order valence-corrected chi connectivity index (χ0v) is 13.2. The van der Waals surface area contributed by atoms with Gasteiger partial charge in [-0.1, -0.05) is 23.2 Å². The Kier molecular flexibility index (Phi) is 5.22. The van der Waals surface area contributed by atoms with Gasteiger partial charge in [-0.05, 0) is 13.1 Å². The van der Waals surface area contributed by atoms with Crippen LogP contribution in [0.1, 0.15) is 0 Å². The fourth-order valence-corrected chi connectivity index (χ4v) is 3.20. The molecule has 0 saturated carbocycles. The number of morpholine rings is 1. The Morgan fingerprint density at radius 3 is 2.95 bits per heavy atom. The molecule has 20 heavy (non-hydrogen) atoms. The topological polar surface area (TPSA) is 71.5 Å². The van der Waals surface area contributed by atoms with Crippen LogP contribution in [0.25, 0.3) is 0 Å². The smallest absolute Gasteiger partial charge is 0.242 e. The number of likely N-dealkylation sites (N-methyl/N-ethyl adjacent to an activating group) is 1. The standard InChI is InChI=1S/C11H15Cl2N3O3S/c1-16-2-3-19-8(7-16)5-15-20(17,18)9-4-10(12)11(13)14-6-9/h4,6,8,15H,2-3,5,7H2,1H3. The molecule has 6 nitrogen and oxygen atoms in total. The Hall–Kier alpha value is -0.440. The minimum atomic E-state index is -3.67. The molecule has 0 aromatic carbocycles. The largest absolute Gasteiger partial charge is 0.374 e. The van der Waals surface area contributed by atoms with Crippen LogP contribution in [-0.4, -0.2) is 57.7 Å². The molecule has 1 aliphatic heterocycles. The molecule has 2 heterocycles. The van der Waals surface area contributed by atoms with Crippen LogP contribution in [0.4, 0.5) is 0 Å². The van der Waals surface area contributed by atoms with E-state index in [0.717, 1.165) is 6.54 Å². The molecule has 9 heteroatoms. The van der Waals surface area contributed by atoms with Crippen molar-refractivity contribution >= 4 is 33.2 Å². The molecule has 0 radical (unpaired) electrons. The molecule has 0 spiro atoms. The number of hydrogen-bond donors (Lipinski definition) is 1. The highest BCUT2D eigenvalue weighted by Gasteiger charge is 2.22. The molecule has 1 aromatic rings. The average molecular weight is 340 g/mol. The Labute approximate surface area is 128 Å². The van der Waals surface area contributed by atoms with Gasteiger partial charge < -0.3 is 9.64 Å². The van der Waals surface area contributed by atoms with Gasteiger partial charge >= 0.3 is 0 Å². The predicted octanol–water partition coefficient (Wildman–Crippen LogP) is 0.997. The third kappa shape index (κ3) is 4.03. The molecule has 1 aromatic heterocycles. The lowest BCUT2D eigenvalue weighted by Crippen LogP contribution is -2.45. The first kappa shape index (κ1) is 15.9. The number of pyridine rings is 1. The van der Waals surface area contributed by atoms with E-state index in [4.69, 9.17) is 27.9 Å². The van der Waals surface area contributed by atoms with Crippen molar-refractivity contribution < 1.29 is 13.2 Å². The summed E-state index contributed by atoms with van der Waals surface area (Å²) in [6.45, 7) is 2.33. The number of rotatable bonds is 4. The number of hydrogen-bond acceptors (Lipinski definition) is 5. The van der Waals surface area contributed by atoms with Crippen LogP contribution in [0.3, 0.4) is 0 Å². The normalized spacial score (nSPS) is 21.1. The number of halogens is 2. The third-order valence-corrected chi connectivity index (χ3v) is 5.00. The highest BCUT2D eigenvalue weighted by molar-refractivity contribution is 7.89. The molecule has 2 rings (SSSR count). The van der Waals surface area contributed by atoms with Crippen LogP contribution in [0.15, 0.2) is 17.2 Å². The van der Waals surface area contributed by atoms with Gasteiger partial charge in [0.25, 0.3) is 0 Å². The summed E-state index contributed by atoms with van der Waals surface area (Å²) < 4.78 is 32.2. The van der Waals surface area contributed by atoms with Crippen LogP contribution < -0.4 is 4.72 Å².